The second-order valence-corrected chi connectivity index (χ2v) is 7.17. The van der Waals surface area contributed by atoms with Gasteiger partial charge < -0.3 is 15.2 Å². The van der Waals surface area contributed by atoms with Crippen LogP contribution in [0.15, 0.2) is 34.3 Å². The van der Waals surface area contributed by atoms with Crippen molar-refractivity contribution < 1.29 is 22.5 Å². The molecular formula is C17H15ClF3N5O2S. The van der Waals surface area contributed by atoms with E-state index in [2.05, 4.69) is 25.8 Å². The number of thiophene rings is 1. The van der Waals surface area contributed by atoms with Crippen molar-refractivity contribution in [3.8, 4) is 10.7 Å². The third-order valence-electron chi connectivity index (χ3n) is 3.68. The molecule has 3 aromatic rings. The molecule has 3 heterocycles. The maximum Gasteiger partial charge on any atom is 0.417 e. The zero-order chi connectivity index (χ0) is 20.9. The summed E-state index contributed by atoms with van der Waals surface area (Å²) in [6, 6.07) is 4.55. The quantitative estimate of drug-likeness (QED) is 0.508. The number of amides is 1. The van der Waals surface area contributed by atoms with E-state index >= 15 is 0 Å². The first kappa shape index (κ1) is 21.1. The minimum Gasteiger partial charge on any atom is -0.367 e. The number of rotatable bonds is 8. The van der Waals surface area contributed by atoms with Crippen molar-refractivity contribution in [2.24, 2.45) is 0 Å². The topological polar surface area (TPSA) is 92.9 Å². The van der Waals surface area contributed by atoms with Crippen molar-refractivity contribution in [1.82, 2.24) is 20.4 Å². The number of hydrogen-bond donors (Lipinski definition) is 2. The molecule has 0 aromatic carbocycles. The summed E-state index contributed by atoms with van der Waals surface area (Å²) in [5.41, 5.74) is -0.926. The van der Waals surface area contributed by atoms with Crippen molar-refractivity contribution in [2.45, 2.75) is 19.0 Å². The molecule has 154 valence electrons. The van der Waals surface area contributed by atoms with Crippen LogP contribution in [0.3, 0.4) is 0 Å². The van der Waals surface area contributed by atoms with Crippen molar-refractivity contribution in [1.29, 1.82) is 0 Å². The minimum absolute atomic E-state index is 0.112. The van der Waals surface area contributed by atoms with Gasteiger partial charge in [-0.1, -0.05) is 22.8 Å². The van der Waals surface area contributed by atoms with E-state index in [-0.39, 0.29) is 36.3 Å². The summed E-state index contributed by atoms with van der Waals surface area (Å²) in [6.45, 7) is 0.481. The second kappa shape index (κ2) is 9.23. The fourth-order valence-electron chi connectivity index (χ4n) is 2.28. The Morgan fingerprint density at radius 1 is 1.31 bits per heavy atom. The Balaban J connectivity index is 1.38. The van der Waals surface area contributed by atoms with E-state index in [0.29, 0.717) is 24.3 Å². The van der Waals surface area contributed by atoms with Gasteiger partial charge in [0.15, 0.2) is 0 Å². The smallest absolute Gasteiger partial charge is 0.367 e. The maximum absolute atomic E-state index is 12.6. The van der Waals surface area contributed by atoms with Gasteiger partial charge in [0.1, 0.15) is 5.82 Å². The van der Waals surface area contributed by atoms with E-state index in [1.807, 2.05) is 17.5 Å². The Morgan fingerprint density at radius 2 is 2.14 bits per heavy atom. The Hall–Kier alpha value is -2.66. The molecule has 0 aliphatic heterocycles. The minimum atomic E-state index is -4.51. The Kier molecular flexibility index (Phi) is 6.70. The van der Waals surface area contributed by atoms with Gasteiger partial charge in [-0.2, -0.15) is 18.2 Å². The summed E-state index contributed by atoms with van der Waals surface area (Å²) in [6.07, 6.45) is -3.36. The molecule has 12 heteroatoms. The van der Waals surface area contributed by atoms with Crippen LogP contribution in [0.5, 0.6) is 0 Å². The van der Waals surface area contributed by atoms with Crippen LogP contribution in [-0.4, -0.2) is 34.1 Å². The van der Waals surface area contributed by atoms with Crippen molar-refractivity contribution in [3.05, 3.63) is 46.3 Å². The number of nitrogens with one attached hydrogen (secondary N) is 2. The van der Waals surface area contributed by atoms with E-state index in [9.17, 15) is 18.0 Å². The number of aromatic nitrogens is 3. The van der Waals surface area contributed by atoms with Gasteiger partial charge in [0.25, 0.3) is 0 Å². The Bertz CT molecular complexity index is 962. The zero-order valence-corrected chi connectivity index (χ0v) is 16.4. The maximum atomic E-state index is 12.6. The van der Waals surface area contributed by atoms with Gasteiger partial charge >= 0.3 is 6.18 Å². The molecule has 0 bridgehead atoms. The largest absolute Gasteiger partial charge is 0.417 e. The molecule has 0 atom stereocenters. The van der Waals surface area contributed by atoms with Crippen LogP contribution in [-0.2, 0) is 17.4 Å². The number of nitrogens with zero attached hydrogens (tertiary/aromatic N) is 3. The van der Waals surface area contributed by atoms with Gasteiger partial charge in [0.2, 0.25) is 17.6 Å². The molecule has 29 heavy (non-hydrogen) atoms. The molecule has 0 spiro atoms. The van der Waals surface area contributed by atoms with Crippen LogP contribution in [0.1, 0.15) is 17.9 Å². The number of hydrogen-bond acceptors (Lipinski definition) is 7. The van der Waals surface area contributed by atoms with Gasteiger partial charge in [0, 0.05) is 32.1 Å². The highest BCUT2D eigenvalue weighted by Crippen LogP contribution is 2.32. The fourth-order valence-corrected chi connectivity index (χ4v) is 3.16. The van der Waals surface area contributed by atoms with Crippen molar-refractivity contribution >= 4 is 34.7 Å². The summed E-state index contributed by atoms with van der Waals surface area (Å²) < 4.78 is 42.9. The van der Waals surface area contributed by atoms with Crippen LogP contribution >= 0.6 is 22.9 Å². The average Bonchev–Trinajstić information content (AvgIpc) is 3.35. The lowest BCUT2D eigenvalue weighted by Crippen LogP contribution is -2.29. The van der Waals surface area contributed by atoms with Crippen LogP contribution in [0, 0.1) is 0 Å². The summed E-state index contributed by atoms with van der Waals surface area (Å²) in [7, 11) is 0. The number of anilines is 1. The van der Waals surface area contributed by atoms with E-state index in [1.165, 1.54) is 11.3 Å². The number of aryl methyl sites for hydroxylation is 1. The molecule has 0 saturated heterocycles. The van der Waals surface area contributed by atoms with Crippen LogP contribution in [0.25, 0.3) is 10.7 Å². The first-order valence-corrected chi connectivity index (χ1v) is 9.68. The van der Waals surface area contributed by atoms with Crippen LogP contribution < -0.4 is 10.6 Å². The molecule has 3 aromatic heterocycles. The van der Waals surface area contributed by atoms with Gasteiger partial charge in [-0.05, 0) is 17.5 Å². The third kappa shape index (κ3) is 5.91. The van der Waals surface area contributed by atoms with Crippen molar-refractivity contribution in [3.63, 3.8) is 0 Å². The highest BCUT2D eigenvalue weighted by Gasteiger charge is 2.31. The van der Waals surface area contributed by atoms with E-state index < -0.39 is 11.7 Å². The third-order valence-corrected chi connectivity index (χ3v) is 4.84. The standard InChI is InChI=1S/C17H15ClF3N5O2S/c18-11-8-10(17(19,20)21)9-24-15(11)23-6-5-22-13(27)3-4-14-25-16(26-28-14)12-2-1-7-29-12/h1-2,7-9H,3-6H2,(H,22,27)(H,23,24). The lowest BCUT2D eigenvalue weighted by molar-refractivity contribution is -0.137. The molecule has 1 amide bonds. The molecule has 7 nitrogen and oxygen atoms in total. The SMILES string of the molecule is O=C(CCc1nc(-c2cccs2)no1)NCCNc1ncc(C(F)(F)F)cc1Cl. The number of pyridine rings is 1. The van der Waals surface area contributed by atoms with Crippen LogP contribution in [0.4, 0.5) is 19.0 Å². The molecule has 0 fully saturated rings. The molecule has 0 aliphatic rings. The van der Waals surface area contributed by atoms with E-state index in [4.69, 9.17) is 16.1 Å². The summed E-state index contributed by atoms with van der Waals surface area (Å²) in [5, 5.41) is 11.1. The zero-order valence-electron chi connectivity index (χ0n) is 14.8. The van der Waals surface area contributed by atoms with E-state index in [0.717, 1.165) is 10.9 Å². The summed E-state index contributed by atoms with van der Waals surface area (Å²) in [5.74, 6) is 0.734. The monoisotopic (exact) mass is 445 g/mol. The number of alkyl halides is 3. The highest BCUT2D eigenvalue weighted by molar-refractivity contribution is 7.13. The van der Waals surface area contributed by atoms with E-state index in [1.54, 1.807) is 0 Å². The van der Waals surface area contributed by atoms with Crippen molar-refractivity contribution in [2.75, 3.05) is 18.4 Å². The first-order valence-electron chi connectivity index (χ1n) is 8.42. The molecule has 2 N–H and O–H groups in total. The molecular weight excluding hydrogens is 431 g/mol. The predicted molar refractivity (Wildman–Crippen MR) is 102 cm³/mol. The number of halogens is 4. The lowest BCUT2D eigenvalue weighted by atomic mass is 10.3. The highest BCUT2D eigenvalue weighted by atomic mass is 35.5. The molecule has 0 aliphatic carbocycles. The number of carbonyl (C=O) groups excluding carboxylic acids is 1. The second-order valence-electron chi connectivity index (χ2n) is 5.82. The average molecular weight is 446 g/mol. The molecule has 3 rings (SSSR count). The van der Waals surface area contributed by atoms with Crippen LogP contribution in [0.2, 0.25) is 5.02 Å². The molecule has 0 unspecified atom stereocenters. The van der Waals surface area contributed by atoms with Gasteiger partial charge in [0.05, 0.1) is 15.5 Å². The summed E-state index contributed by atoms with van der Waals surface area (Å²) in [4.78, 5) is 20.7. The lowest BCUT2D eigenvalue weighted by Gasteiger charge is -2.11. The molecule has 0 radical (unpaired) electrons. The van der Waals surface area contributed by atoms with Gasteiger partial charge in [-0.25, -0.2) is 4.98 Å². The Labute approximate surface area is 172 Å². The Morgan fingerprint density at radius 3 is 2.83 bits per heavy atom. The van der Waals surface area contributed by atoms with Gasteiger partial charge in [-0.3, -0.25) is 4.79 Å². The number of carbonyl (C=O) groups is 1. The molecule has 0 saturated carbocycles. The summed E-state index contributed by atoms with van der Waals surface area (Å²) >= 11 is 7.29. The normalized spacial score (nSPS) is 11.4. The van der Waals surface area contributed by atoms with Gasteiger partial charge in [-0.15, -0.1) is 11.3 Å². The first-order chi connectivity index (χ1) is 13.8. The predicted octanol–water partition coefficient (Wildman–Crippen LogP) is 4.03. The fraction of sp³-hybridized carbons (Fsp3) is 0.294.